The second-order valence-electron chi connectivity index (χ2n) is 2.98. The number of pyridine rings is 1. The molecule has 0 atom stereocenters. The molecule has 4 heteroatoms. The van der Waals surface area contributed by atoms with E-state index < -0.39 is 0 Å². The van der Waals surface area contributed by atoms with Crippen molar-refractivity contribution >= 4 is 0 Å². The van der Waals surface area contributed by atoms with Gasteiger partial charge in [-0.3, -0.25) is 4.68 Å². The van der Waals surface area contributed by atoms with Crippen molar-refractivity contribution in [2.45, 2.75) is 6.61 Å². The van der Waals surface area contributed by atoms with Crippen molar-refractivity contribution in [1.29, 1.82) is 0 Å². The normalized spacial score (nSPS) is 10.1. The van der Waals surface area contributed by atoms with Crippen LogP contribution in [0.4, 0.5) is 0 Å². The van der Waals surface area contributed by atoms with E-state index in [9.17, 15) is 0 Å². The lowest BCUT2D eigenvalue weighted by Gasteiger charge is -2.01. The van der Waals surface area contributed by atoms with Gasteiger partial charge in [0.2, 0.25) is 5.88 Å². The molecule has 72 valence electrons. The summed E-state index contributed by atoms with van der Waals surface area (Å²) in [5.41, 5.74) is 1.04. The zero-order valence-corrected chi connectivity index (χ0v) is 7.92. The van der Waals surface area contributed by atoms with Crippen LogP contribution in [-0.4, -0.2) is 14.8 Å². The monoisotopic (exact) mass is 189 g/mol. The SMILES string of the molecule is Cn1cc(COc2ccccn2)cn1. The molecule has 0 saturated carbocycles. The van der Waals surface area contributed by atoms with E-state index in [2.05, 4.69) is 10.1 Å². The van der Waals surface area contributed by atoms with Crippen molar-refractivity contribution < 1.29 is 4.74 Å². The average molecular weight is 189 g/mol. The molecule has 2 aromatic heterocycles. The van der Waals surface area contributed by atoms with Crippen LogP contribution in [0.1, 0.15) is 5.56 Å². The molecule has 0 N–H and O–H groups in total. The summed E-state index contributed by atoms with van der Waals surface area (Å²) in [6, 6.07) is 5.58. The van der Waals surface area contributed by atoms with Gasteiger partial charge in [0.1, 0.15) is 6.61 Å². The highest BCUT2D eigenvalue weighted by Gasteiger charge is 1.97. The molecule has 0 fully saturated rings. The first-order chi connectivity index (χ1) is 6.84. The number of rotatable bonds is 3. The lowest BCUT2D eigenvalue weighted by atomic mass is 10.4. The Morgan fingerprint density at radius 1 is 1.43 bits per heavy atom. The van der Waals surface area contributed by atoms with Crippen LogP contribution in [0.15, 0.2) is 36.8 Å². The van der Waals surface area contributed by atoms with Gasteiger partial charge in [0, 0.05) is 31.1 Å². The summed E-state index contributed by atoms with van der Waals surface area (Å²) in [5, 5.41) is 4.05. The van der Waals surface area contributed by atoms with Gasteiger partial charge in [-0.25, -0.2) is 4.98 Å². The summed E-state index contributed by atoms with van der Waals surface area (Å²) >= 11 is 0. The maximum absolute atomic E-state index is 5.44. The van der Waals surface area contributed by atoms with Crippen LogP contribution in [0, 0.1) is 0 Å². The zero-order chi connectivity index (χ0) is 9.80. The van der Waals surface area contributed by atoms with Crippen LogP contribution < -0.4 is 4.74 Å². The fraction of sp³-hybridized carbons (Fsp3) is 0.200. The van der Waals surface area contributed by atoms with Gasteiger partial charge in [-0.15, -0.1) is 0 Å². The van der Waals surface area contributed by atoms with Gasteiger partial charge in [0.15, 0.2) is 0 Å². The quantitative estimate of drug-likeness (QED) is 0.732. The minimum atomic E-state index is 0.505. The number of aryl methyl sites for hydroxylation is 1. The Balaban J connectivity index is 1.95. The lowest BCUT2D eigenvalue weighted by molar-refractivity contribution is 0.294. The van der Waals surface area contributed by atoms with Crippen LogP contribution in [0.2, 0.25) is 0 Å². The number of hydrogen-bond donors (Lipinski definition) is 0. The molecule has 0 aliphatic heterocycles. The molecule has 14 heavy (non-hydrogen) atoms. The molecule has 2 aromatic rings. The first-order valence-corrected chi connectivity index (χ1v) is 4.36. The standard InChI is InChI=1S/C10H11N3O/c1-13-7-9(6-12-13)8-14-10-4-2-3-5-11-10/h2-7H,8H2,1H3. The van der Waals surface area contributed by atoms with Gasteiger partial charge in [-0.2, -0.15) is 5.10 Å². The third-order valence-corrected chi connectivity index (χ3v) is 1.78. The Hall–Kier alpha value is -1.84. The van der Waals surface area contributed by atoms with E-state index in [1.807, 2.05) is 31.4 Å². The first-order valence-electron chi connectivity index (χ1n) is 4.36. The summed E-state index contributed by atoms with van der Waals surface area (Å²) in [6.45, 7) is 0.505. The van der Waals surface area contributed by atoms with E-state index in [1.165, 1.54) is 0 Å². The minimum absolute atomic E-state index is 0.505. The Bertz CT molecular complexity index is 397. The third kappa shape index (κ3) is 2.10. The molecule has 0 aliphatic carbocycles. The van der Waals surface area contributed by atoms with Gasteiger partial charge in [0.05, 0.1) is 6.20 Å². The van der Waals surface area contributed by atoms with Crippen molar-refractivity contribution in [2.75, 3.05) is 0 Å². The van der Waals surface area contributed by atoms with Crippen LogP contribution in [-0.2, 0) is 13.7 Å². The molecule has 4 nitrogen and oxygen atoms in total. The topological polar surface area (TPSA) is 39.9 Å². The Morgan fingerprint density at radius 2 is 2.36 bits per heavy atom. The van der Waals surface area contributed by atoms with Crippen molar-refractivity contribution in [3.63, 3.8) is 0 Å². The Labute approximate surface area is 82.2 Å². The first kappa shape index (κ1) is 8.74. The molecular formula is C10H11N3O. The minimum Gasteiger partial charge on any atom is -0.473 e. The van der Waals surface area contributed by atoms with Crippen LogP contribution in [0.5, 0.6) is 5.88 Å². The lowest BCUT2D eigenvalue weighted by Crippen LogP contribution is -1.95. The Kier molecular flexibility index (Phi) is 2.44. The molecule has 2 rings (SSSR count). The van der Waals surface area contributed by atoms with Crippen LogP contribution in [0.25, 0.3) is 0 Å². The second-order valence-corrected chi connectivity index (χ2v) is 2.98. The largest absolute Gasteiger partial charge is 0.473 e. The number of hydrogen-bond acceptors (Lipinski definition) is 3. The van der Waals surface area contributed by atoms with E-state index in [1.54, 1.807) is 17.1 Å². The zero-order valence-electron chi connectivity index (χ0n) is 7.92. The fourth-order valence-electron chi connectivity index (χ4n) is 1.14. The highest BCUT2D eigenvalue weighted by Crippen LogP contribution is 2.06. The summed E-state index contributed by atoms with van der Waals surface area (Å²) in [5.74, 6) is 0.636. The number of aromatic nitrogens is 3. The predicted octanol–water partition coefficient (Wildman–Crippen LogP) is 1.39. The van der Waals surface area contributed by atoms with Crippen molar-refractivity contribution in [2.24, 2.45) is 7.05 Å². The molecule has 0 bridgehead atoms. The van der Waals surface area contributed by atoms with E-state index in [-0.39, 0.29) is 0 Å². The number of ether oxygens (including phenoxy) is 1. The molecule has 2 heterocycles. The summed E-state index contributed by atoms with van der Waals surface area (Å²) in [7, 11) is 1.88. The summed E-state index contributed by atoms with van der Waals surface area (Å²) in [6.07, 6.45) is 5.41. The highest BCUT2D eigenvalue weighted by molar-refractivity contribution is 5.10. The maximum Gasteiger partial charge on any atom is 0.213 e. The van der Waals surface area contributed by atoms with E-state index in [0.29, 0.717) is 12.5 Å². The molecule has 0 aromatic carbocycles. The molecule has 0 radical (unpaired) electrons. The van der Waals surface area contributed by atoms with Gasteiger partial charge in [-0.05, 0) is 6.07 Å². The second kappa shape index (κ2) is 3.91. The molecule has 0 saturated heterocycles. The maximum atomic E-state index is 5.44. The van der Waals surface area contributed by atoms with Gasteiger partial charge in [0.25, 0.3) is 0 Å². The van der Waals surface area contributed by atoms with Gasteiger partial charge >= 0.3 is 0 Å². The fourth-order valence-corrected chi connectivity index (χ4v) is 1.14. The van der Waals surface area contributed by atoms with E-state index >= 15 is 0 Å². The van der Waals surface area contributed by atoms with Gasteiger partial charge in [-0.1, -0.05) is 6.07 Å². The smallest absolute Gasteiger partial charge is 0.213 e. The molecule has 0 aliphatic rings. The molecule has 0 unspecified atom stereocenters. The average Bonchev–Trinajstić information content (AvgIpc) is 2.63. The van der Waals surface area contributed by atoms with Crippen LogP contribution in [0.3, 0.4) is 0 Å². The van der Waals surface area contributed by atoms with E-state index in [4.69, 9.17) is 4.74 Å². The molecule has 0 spiro atoms. The summed E-state index contributed by atoms with van der Waals surface area (Å²) < 4.78 is 7.19. The molecule has 0 amide bonds. The Morgan fingerprint density at radius 3 is 3.00 bits per heavy atom. The van der Waals surface area contributed by atoms with Crippen LogP contribution >= 0.6 is 0 Å². The van der Waals surface area contributed by atoms with Crippen molar-refractivity contribution in [1.82, 2.24) is 14.8 Å². The predicted molar refractivity (Wildman–Crippen MR) is 51.8 cm³/mol. The van der Waals surface area contributed by atoms with Crippen molar-refractivity contribution in [3.8, 4) is 5.88 Å². The number of nitrogens with zero attached hydrogens (tertiary/aromatic N) is 3. The van der Waals surface area contributed by atoms with Crippen molar-refractivity contribution in [3.05, 3.63) is 42.4 Å². The molecular weight excluding hydrogens is 178 g/mol. The van der Waals surface area contributed by atoms with Gasteiger partial charge < -0.3 is 4.74 Å². The summed E-state index contributed by atoms with van der Waals surface area (Å²) in [4.78, 5) is 4.05. The van der Waals surface area contributed by atoms with E-state index in [0.717, 1.165) is 5.56 Å². The third-order valence-electron chi connectivity index (χ3n) is 1.78. The highest BCUT2D eigenvalue weighted by atomic mass is 16.5.